The molecule has 0 aromatic heterocycles. The lowest BCUT2D eigenvalue weighted by Crippen LogP contribution is -2.46. The van der Waals surface area contributed by atoms with Crippen LogP contribution < -0.4 is 9.64 Å². The van der Waals surface area contributed by atoms with E-state index in [0.717, 1.165) is 18.0 Å². The largest absolute Gasteiger partial charge is 0.485 e. The van der Waals surface area contributed by atoms with Crippen LogP contribution in [0, 0.1) is 0 Å². The van der Waals surface area contributed by atoms with Gasteiger partial charge in [0.15, 0.2) is 5.78 Å². The molecule has 144 valence electrons. The van der Waals surface area contributed by atoms with Crippen molar-refractivity contribution in [2.24, 2.45) is 0 Å². The van der Waals surface area contributed by atoms with Gasteiger partial charge in [0.25, 0.3) is 0 Å². The third-order valence-corrected chi connectivity index (χ3v) is 6.57. The highest BCUT2D eigenvalue weighted by atomic mass is 32.2. The van der Waals surface area contributed by atoms with E-state index in [4.69, 9.17) is 4.74 Å². The molecule has 2 aromatic carbocycles. The van der Waals surface area contributed by atoms with Crippen LogP contribution in [0.4, 0.5) is 5.69 Å². The van der Waals surface area contributed by atoms with Crippen molar-refractivity contribution in [1.29, 1.82) is 0 Å². The topological polar surface area (TPSA) is 66.9 Å². The maximum absolute atomic E-state index is 12.9. The number of hydrogen-bond acceptors (Lipinski definition) is 5. The minimum Gasteiger partial charge on any atom is -0.485 e. The quantitative estimate of drug-likeness (QED) is 0.712. The SMILES string of the molecule is CCN1C[C@@H](CN(C)S(=O)(=O)c2ccc(C(C)=O)cc2)Oc2ccccc21. The molecular formula is C20H24N2O4S. The lowest BCUT2D eigenvalue weighted by molar-refractivity contribution is 0.101. The van der Waals surface area contributed by atoms with Gasteiger partial charge in [0, 0.05) is 19.2 Å². The molecule has 0 N–H and O–H groups in total. The summed E-state index contributed by atoms with van der Waals surface area (Å²) in [5, 5.41) is 0. The molecule has 2 aromatic rings. The first-order valence-corrected chi connectivity index (χ1v) is 10.3. The van der Waals surface area contributed by atoms with Gasteiger partial charge in [-0.2, -0.15) is 4.31 Å². The summed E-state index contributed by atoms with van der Waals surface area (Å²) in [4.78, 5) is 13.7. The second-order valence-corrected chi connectivity index (χ2v) is 8.66. The van der Waals surface area contributed by atoms with E-state index in [-0.39, 0.29) is 23.3 Å². The molecule has 0 radical (unpaired) electrons. The van der Waals surface area contributed by atoms with Crippen molar-refractivity contribution in [3.8, 4) is 5.75 Å². The zero-order valence-electron chi connectivity index (χ0n) is 15.8. The fourth-order valence-corrected chi connectivity index (χ4v) is 4.40. The van der Waals surface area contributed by atoms with Crippen molar-refractivity contribution >= 4 is 21.5 Å². The van der Waals surface area contributed by atoms with Gasteiger partial charge in [-0.15, -0.1) is 0 Å². The lowest BCUT2D eigenvalue weighted by Gasteiger charge is -2.36. The van der Waals surface area contributed by atoms with E-state index in [9.17, 15) is 13.2 Å². The Kier molecular flexibility index (Phi) is 5.53. The number of carbonyl (C=O) groups is 1. The fraction of sp³-hybridized carbons (Fsp3) is 0.350. The standard InChI is InChI=1S/C20H24N2O4S/c1-4-22-14-17(26-20-8-6-5-7-19(20)22)13-21(3)27(24,25)18-11-9-16(10-12-18)15(2)23/h5-12,17H,4,13-14H2,1-3H3/t17-/m1/s1. The van der Waals surface area contributed by atoms with Crippen molar-refractivity contribution < 1.29 is 17.9 Å². The van der Waals surface area contributed by atoms with E-state index in [1.54, 1.807) is 7.05 Å². The first-order chi connectivity index (χ1) is 12.8. The van der Waals surface area contributed by atoms with Crippen LogP contribution in [0.1, 0.15) is 24.2 Å². The minimum absolute atomic E-state index is 0.0961. The number of carbonyl (C=O) groups excluding carboxylic acids is 1. The van der Waals surface area contributed by atoms with E-state index in [1.165, 1.54) is 35.5 Å². The number of hydrogen-bond donors (Lipinski definition) is 0. The summed E-state index contributed by atoms with van der Waals surface area (Å²) < 4.78 is 33.0. The van der Waals surface area contributed by atoms with Crippen LogP contribution >= 0.6 is 0 Å². The Morgan fingerprint density at radius 2 is 1.85 bits per heavy atom. The number of nitrogens with zero attached hydrogens (tertiary/aromatic N) is 2. The summed E-state index contributed by atoms with van der Waals surface area (Å²) in [6.45, 7) is 5.20. The van der Waals surface area contributed by atoms with Gasteiger partial charge in [-0.05, 0) is 38.1 Å². The maximum Gasteiger partial charge on any atom is 0.242 e. The predicted molar refractivity (Wildman–Crippen MR) is 105 cm³/mol. The van der Waals surface area contributed by atoms with Crippen molar-refractivity contribution in [2.45, 2.75) is 24.8 Å². The molecule has 27 heavy (non-hydrogen) atoms. The van der Waals surface area contributed by atoms with Gasteiger partial charge in [0.1, 0.15) is 11.9 Å². The molecule has 0 saturated heterocycles. The first kappa shape index (κ1) is 19.4. The van der Waals surface area contributed by atoms with Crippen LogP contribution in [-0.2, 0) is 10.0 Å². The Labute approximate surface area is 160 Å². The fourth-order valence-electron chi connectivity index (χ4n) is 3.20. The molecular weight excluding hydrogens is 364 g/mol. The molecule has 0 unspecified atom stereocenters. The van der Waals surface area contributed by atoms with Crippen molar-refractivity contribution in [2.75, 3.05) is 31.6 Å². The number of para-hydroxylation sites is 2. The molecule has 0 amide bonds. The zero-order chi connectivity index (χ0) is 19.6. The smallest absolute Gasteiger partial charge is 0.242 e. The Morgan fingerprint density at radius 3 is 2.48 bits per heavy atom. The molecule has 1 atom stereocenters. The Balaban J connectivity index is 1.76. The van der Waals surface area contributed by atoms with Gasteiger partial charge in [-0.1, -0.05) is 24.3 Å². The van der Waals surface area contributed by atoms with E-state index in [1.807, 2.05) is 24.3 Å². The second kappa shape index (κ2) is 7.70. The van der Waals surface area contributed by atoms with Gasteiger partial charge in [0.05, 0.1) is 23.7 Å². The molecule has 1 aliphatic rings. The van der Waals surface area contributed by atoms with E-state index in [0.29, 0.717) is 12.1 Å². The van der Waals surface area contributed by atoms with E-state index >= 15 is 0 Å². The molecule has 0 bridgehead atoms. The summed E-state index contributed by atoms with van der Waals surface area (Å²) in [6.07, 6.45) is -0.267. The summed E-state index contributed by atoms with van der Waals surface area (Å²) in [6, 6.07) is 13.8. The highest BCUT2D eigenvalue weighted by Gasteiger charge is 2.29. The van der Waals surface area contributed by atoms with Gasteiger partial charge < -0.3 is 9.64 Å². The van der Waals surface area contributed by atoms with Crippen LogP contribution in [0.5, 0.6) is 5.75 Å². The molecule has 1 aliphatic heterocycles. The van der Waals surface area contributed by atoms with Crippen molar-refractivity contribution in [3.63, 3.8) is 0 Å². The number of anilines is 1. The van der Waals surface area contributed by atoms with E-state index in [2.05, 4.69) is 11.8 Å². The maximum atomic E-state index is 12.9. The minimum atomic E-state index is -3.66. The monoisotopic (exact) mass is 388 g/mol. The van der Waals surface area contributed by atoms with E-state index < -0.39 is 10.0 Å². The van der Waals surface area contributed by atoms with Crippen LogP contribution in [0.25, 0.3) is 0 Å². The van der Waals surface area contributed by atoms with Gasteiger partial charge in [-0.3, -0.25) is 4.79 Å². The summed E-state index contributed by atoms with van der Waals surface area (Å²) >= 11 is 0. The number of rotatable bonds is 6. The molecule has 0 aliphatic carbocycles. The molecule has 0 fully saturated rings. The van der Waals surface area contributed by atoms with Crippen LogP contribution in [-0.4, -0.2) is 51.3 Å². The third kappa shape index (κ3) is 3.99. The second-order valence-electron chi connectivity index (χ2n) is 6.61. The average molecular weight is 388 g/mol. The highest BCUT2D eigenvalue weighted by Crippen LogP contribution is 2.33. The highest BCUT2D eigenvalue weighted by molar-refractivity contribution is 7.89. The number of benzene rings is 2. The van der Waals surface area contributed by atoms with Crippen LogP contribution in [0.3, 0.4) is 0 Å². The zero-order valence-corrected chi connectivity index (χ0v) is 16.6. The number of ether oxygens (including phenoxy) is 1. The number of fused-ring (bicyclic) bond motifs is 1. The Hall–Kier alpha value is -2.38. The predicted octanol–water partition coefficient (Wildman–Crippen LogP) is 2.80. The van der Waals surface area contributed by atoms with Crippen LogP contribution in [0.2, 0.25) is 0 Å². The summed E-state index contributed by atoms with van der Waals surface area (Å²) in [5.41, 5.74) is 1.52. The molecule has 6 nitrogen and oxygen atoms in total. The van der Waals surface area contributed by atoms with Gasteiger partial charge in [0.2, 0.25) is 10.0 Å². The summed E-state index contributed by atoms with van der Waals surface area (Å²) in [5.74, 6) is 0.674. The first-order valence-electron chi connectivity index (χ1n) is 8.91. The van der Waals surface area contributed by atoms with Gasteiger partial charge in [-0.25, -0.2) is 8.42 Å². The third-order valence-electron chi connectivity index (χ3n) is 4.74. The van der Waals surface area contributed by atoms with Crippen LogP contribution in [0.15, 0.2) is 53.4 Å². The number of sulfonamides is 1. The van der Waals surface area contributed by atoms with Gasteiger partial charge >= 0.3 is 0 Å². The molecule has 1 heterocycles. The molecule has 0 saturated carbocycles. The molecule has 3 rings (SSSR count). The van der Waals surface area contributed by atoms with Crippen molar-refractivity contribution in [1.82, 2.24) is 4.31 Å². The Morgan fingerprint density at radius 1 is 1.19 bits per heavy atom. The van der Waals surface area contributed by atoms with Crippen molar-refractivity contribution in [3.05, 3.63) is 54.1 Å². The average Bonchev–Trinajstić information content (AvgIpc) is 2.67. The number of Topliss-reactive ketones (excluding diaryl/α,β-unsaturated/α-hetero) is 1. The normalized spacial score (nSPS) is 16.7. The lowest BCUT2D eigenvalue weighted by atomic mass is 10.2. The molecule has 0 spiro atoms. The molecule has 7 heteroatoms. The Bertz CT molecular complexity index is 925. The number of ketones is 1. The summed E-state index contributed by atoms with van der Waals surface area (Å²) in [7, 11) is -2.11. The number of likely N-dealkylation sites (N-methyl/N-ethyl adjacent to an activating group) is 2.